The number of aryl methyl sites for hydroxylation is 1. The molecule has 0 bridgehead atoms. The minimum absolute atomic E-state index is 0.586. The molecule has 0 atom stereocenters. The van der Waals surface area contributed by atoms with E-state index in [0.29, 0.717) is 16.6 Å². The van der Waals surface area contributed by atoms with Crippen molar-refractivity contribution in [2.45, 2.75) is 13.5 Å². The first kappa shape index (κ1) is 14.9. The molecule has 0 spiro atoms. The molecule has 6 heteroatoms. The molecule has 3 rings (SSSR count). The van der Waals surface area contributed by atoms with Crippen molar-refractivity contribution in [1.82, 2.24) is 14.5 Å². The lowest BCUT2D eigenvalue weighted by molar-refractivity contribution is 0.929. The Morgan fingerprint density at radius 1 is 1.14 bits per heavy atom. The summed E-state index contributed by atoms with van der Waals surface area (Å²) in [6.45, 7) is 2.52. The molecule has 1 aromatic carbocycles. The van der Waals surface area contributed by atoms with Crippen molar-refractivity contribution in [3.8, 4) is 5.82 Å². The van der Waals surface area contributed by atoms with Gasteiger partial charge < -0.3 is 5.32 Å². The first-order valence-corrected chi connectivity index (χ1v) is 7.54. The number of anilines is 1. The Labute approximate surface area is 138 Å². The fourth-order valence-electron chi connectivity index (χ4n) is 2.18. The summed E-state index contributed by atoms with van der Waals surface area (Å²) in [5.74, 6) is 1.69. The largest absolute Gasteiger partial charge is 0.378 e. The number of aromatic nitrogens is 3. The molecule has 112 valence electrons. The van der Waals surface area contributed by atoms with Gasteiger partial charge in [-0.2, -0.15) is 0 Å². The third-order valence-electron chi connectivity index (χ3n) is 3.33. The van der Waals surface area contributed by atoms with E-state index in [1.807, 2.05) is 42.0 Å². The average Bonchev–Trinajstić information content (AvgIpc) is 2.93. The maximum absolute atomic E-state index is 6.21. The second kappa shape index (κ2) is 6.38. The summed E-state index contributed by atoms with van der Waals surface area (Å²) < 4.78 is 1.94. The van der Waals surface area contributed by atoms with E-state index in [9.17, 15) is 0 Å². The monoisotopic (exact) mass is 332 g/mol. The maximum atomic E-state index is 6.21. The molecular weight excluding hydrogens is 319 g/mol. The minimum atomic E-state index is 0.586. The van der Waals surface area contributed by atoms with Gasteiger partial charge in [0.05, 0.1) is 5.69 Å². The summed E-state index contributed by atoms with van der Waals surface area (Å²) in [6, 6.07) is 9.35. The lowest BCUT2D eigenvalue weighted by Crippen LogP contribution is -2.07. The van der Waals surface area contributed by atoms with Crippen molar-refractivity contribution in [2.24, 2.45) is 0 Å². The lowest BCUT2D eigenvalue weighted by Gasteiger charge is -2.13. The van der Waals surface area contributed by atoms with Crippen LogP contribution in [0.25, 0.3) is 5.82 Å². The molecule has 0 saturated carbocycles. The standard InChI is InChI=1S/C16H14Cl2N4/c1-11-19-7-8-22(11)16-15(3-2-6-20-16)21-10-12-4-5-13(17)9-14(12)18/h2-9,21H,10H2,1H3. The van der Waals surface area contributed by atoms with Crippen LogP contribution in [0.1, 0.15) is 11.4 Å². The van der Waals surface area contributed by atoms with Gasteiger partial charge >= 0.3 is 0 Å². The molecule has 0 amide bonds. The van der Waals surface area contributed by atoms with Crippen molar-refractivity contribution in [3.63, 3.8) is 0 Å². The quantitative estimate of drug-likeness (QED) is 0.765. The number of pyridine rings is 1. The van der Waals surface area contributed by atoms with E-state index in [2.05, 4.69) is 15.3 Å². The third-order valence-corrected chi connectivity index (χ3v) is 3.91. The SMILES string of the molecule is Cc1nccn1-c1ncccc1NCc1ccc(Cl)cc1Cl. The van der Waals surface area contributed by atoms with Crippen molar-refractivity contribution >= 4 is 28.9 Å². The number of nitrogens with one attached hydrogen (secondary N) is 1. The van der Waals surface area contributed by atoms with Crippen LogP contribution in [-0.2, 0) is 6.54 Å². The van der Waals surface area contributed by atoms with Gasteiger partial charge in [-0.3, -0.25) is 4.57 Å². The smallest absolute Gasteiger partial charge is 0.161 e. The molecule has 0 saturated heterocycles. The van der Waals surface area contributed by atoms with E-state index in [-0.39, 0.29) is 0 Å². The Morgan fingerprint density at radius 2 is 2.00 bits per heavy atom. The van der Waals surface area contributed by atoms with Gasteiger partial charge in [0.25, 0.3) is 0 Å². The lowest BCUT2D eigenvalue weighted by atomic mass is 10.2. The van der Waals surface area contributed by atoms with E-state index in [0.717, 1.165) is 22.9 Å². The minimum Gasteiger partial charge on any atom is -0.378 e. The van der Waals surface area contributed by atoms with Gasteiger partial charge in [-0.25, -0.2) is 9.97 Å². The molecular formula is C16H14Cl2N4. The zero-order valence-corrected chi connectivity index (χ0v) is 13.4. The predicted molar refractivity (Wildman–Crippen MR) is 89.9 cm³/mol. The Kier molecular flexibility index (Phi) is 4.32. The highest BCUT2D eigenvalue weighted by Crippen LogP contribution is 2.24. The van der Waals surface area contributed by atoms with Gasteiger partial charge in [0.1, 0.15) is 5.82 Å². The zero-order valence-electron chi connectivity index (χ0n) is 11.9. The van der Waals surface area contributed by atoms with Crippen LogP contribution >= 0.6 is 23.2 Å². The predicted octanol–water partition coefficient (Wildman–Crippen LogP) is 4.49. The first-order chi connectivity index (χ1) is 10.6. The molecule has 0 aliphatic carbocycles. The van der Waals surface area contributed by atoms with Gasteiger partial charge in [-0.15, -0.1) is 0 Å². The Bertz CT molecular complexity index is 798. The number of imidazole rings is 1. The van der Waals surface area contributed by atoms with E-state index >= 15 is 0 Å². The van der Waals surface area contributed by atoms with Crippen LogP contribution in [0.15, 0.2) is 48.9 Å². The van der Waals surface area contributed by atoms with Crippen LogP contribution in [0.4, 0.5) is 5.69 Å². The zero-order chi connectivity index (χ0) is 15.5. The molecule has 3 aromatic rings. The second-order valence-corrected chi connectivity index (χ2v) is 5.65. The van der Waals surface area contributed by atoms with Crippen LogP contribution in [0.3, 0.4) is 0 Å². The summed E-state index contributed by atoms with van der Waals surface area (Å²) in [6.07, 6.45) is 5.40. The summed E-state index contributed by atoms with van der Waals surface area (Å²) >= 11 is 12.1. The van der Waals surface area contributed by atoms with Crippen molar-refractivity contribution < 1.29 is 0 Å². The molecule has 4 nitrogen and oxygen atoms in total. The number of benzene rings is 1. The summed E-state index contributed by atoms with van der Waals surface area (Å²) in [5, 5.41) is 4.64. The van der Waals surface area contributed by atoms with Gasteiger partial charge in [0.2, 0.25) is 0 Å². The number of hydrogen-bond donors (Lipinski definition) is 1. The first-order valence-electron chi connectivity index (χ1n) is 6.78. The van der Waals surface area contributed by atoms with Crippen molar-refractivity contribution in [1.29, 1.82) is 0 Å². The topological polar surface area (TPSA) is 42.7 Å². The molecule has 0 fully saturated rings. The Balaban J connectivity index is 1.86. The highest BCUT2D eigenvalue weighted by Gasteiger charge is 2.08. The Hall–Kier alpha value is -2.04. The number of hydrogen-bond acceptors (Lipinski definition) is 3. The molecule has 2 aromatic heterocycles. The second-order valence-electron chi connectivity index (χ2n) is 4.81. The van der Waals surface area contributed by atoms with Crippen molar-refractivity contribution in [2.75, 3.05) is 5.32 Å². The number of rotatable bonds is 4. The van der Waals surface area contributed by atoms with E-state index in [1.54, 1.807) is 18.5 Å². The highest BCUT2D eigenvalue weighted by atomic mass is 35.5. The van der Waals surface area contributed by atoms with Gasteiger partial charge in [0, 0.05) is 35.2 Å². The van der Waals surface area contributed by atoms with E-state index in [4.69, 9.17) is 23.2 Å². The summed E-state index contributed by atoms with van der Waals surface area (Å²) in [4.78, 5) is 8.67. The normalized spacial score (nSPS) is 10.7. The van der Waals surface area contributed by atoms with Gasteiger partial charge in [-0.05, 0) is 36.8 Å². The highest BCUT2D eigenvalue weighted by molar-refractivity contribution is 6.35. The molecule has 0 aliphatic heterocycles. The van der Waals surface area contributed by atoms with Gasteiger partial charge in [-0.1, -0.05) is 29.3 Å². The maximum Gasteiger partial charge on any atom is 0.161 e. The van der Waals surface area contributed by atoms with Crippen LogP contribution in [0.2, 0.25) is 10.0 Å². The number of nitrogens with zero attached hydrogens (tertiary/aromatic N) is 3. The van der Waals surface area contributed by atoms with E-state index in [1.165, 1.54) is 0 Å². The molecule has 1 N–H and O–H groups in total. The Morgan fingerprint density at radius 3 is 2.73 bits per heavy atom. The summed E-state index contributed by atoms with van der Waals surface area (Å²) in [7, 11) is 0. The molecule has 0 aliphatic rings. The molecule has 22 heavy (non-hydrogen) atoms. The average molecular weight is 333 g/mol. The van der Waals surface area contributed by atoms with Crippen LogP contribution in [0, 0.1) is 6.92 Å². The van der Waals surface area contributed by atoms with Crippen molar-refractivity contribution in [3.05, 3.63) is 70.4 Å². The van der Waals surface area contributed by atoms with Gasteiger partial charge in [0.15, 0.2) is 5.82 Å². The summed E-state index contributed by atoms with van der Waals surface area (Å²) in [5.41, 5.74) is 1.89. The number of halogens is 2. The van der Waals surface area contributed by atoms with Crippen LogP contribution in [0.5, 0.6) is 0 Å². The van der Waals surface area contributed by atoms with Crippen LogP contribution < -0.4 is 5.32 Å². The third kappa shape index (κ3) is 3.08. The van der Waals surface area contributed by atoms with Crippen LogP contribution in [-0.4, -0.2) is 14.5 Å². The molecule has 2 heterocycles. The fraction of sp³-hybridized carbons (Fsp3) is 0.125. The molecule has 0 unspecified atom stereocenters. The van der Waals surface area contributed by atoms with E-state index < -0.39 is 0 Å². The molecule has 0 radical (unpaired) electrons. The fourth-order valence-corrected chi connectivity index (χ4v) is 2.66.